The molecule has 2 aromatic carbocycles. The zero-order valence-corrected chi connectivity index (χ0v) is 17.9. The van der Waals surface area contributed by atoms with Crippen LogP contribution in [0, 0.1) is 0 Å². The molecule has 0 amide bonds. The molecular formula is C19H23Cl2N5OS. The van der Waals surface area contributed by atoms with Crippen LogP contribution in [0.4, 0.5) is 0 Å². The zero-order chi connectivity index (χ0) is 18.9. The Bertz CT molecular complexity index is 827. The molecule has 0 aliphatic carbocycles. The number of aromatic nitrogens is 4. The van der Waals surface area contributed by atoms with Crippen LogP contribution in [0.25, 0.3) is 0 Å². The fraction of sp³-hybridized carbons (Fsp3) is 0.316. The molecule has 0 fully saturated rings. The summed E-state index contributed by atoms with van der Waals surface area (Å²) in [6.45, 7) is 2.33. The average molecular weight is 440 g/mol. The number of nitrogens with zero attached hydrogens (tertiary/aromatic N) is 4. The Labute approximate surface area is 180 Å². The van der Waals surface area contributed by atoms with Gasteiger partial charge in [0.25, 0.3) is 0 Å². The van der Waals surface area contributed by atoms with Gasteiger partial charge < -0.3 is 10.1 Å². The first-order valence-electron chi connectivity index (χ1n) is 8.73. The van der Waals surface area contributed by atoms with Gasteiger partial charge >= 0.3 is 0 Å². The summed E-state index contributed by atoms with van der Waals surface area (Å²) in [4.78, 5) is 0. The second-order valence-corrected chi connectivity index (χ2v) is 7.52. The Morgan fingerprint density at radius 1 is 1.07 bits per heavy atom. The van der Waals surface area contributed by atoms with Crippen LogP contribution >= 0.6 is 35.8 Å². The van der Waals surface area contributed by atoms with Crippen LogP contribution in [0.1, 0.15) is 17.5 Å². The highest BCUT2D eigenvalue weighted by molar-refractivity contribution is 7.99. The lowest BCUT2D eigenvalue weighted by Gasteiger charge is -2.08. The van der Waals surface area contributed by atoms with E-state index in [1.165, 1.54) is 5.56 Å². The lowest BCUT2D eigenvalue weighted by molar-refractivity contribution is 0.306. The molecule has 3 rings (SSSR count). The summed E-state index contributed by atoms with van der Waals surface area (Å²) >= 11 is 7.56. The maximum absolute atomic E-state index is 5.89. The van der Waals surface area contributed by atoms with Crippen LogP contribution in [0.3, 0.4) is 0 Å². The molecule has 1 aromatic heterocycles. The van der Waals surface area contributed by atoms with Gasteiger partial charge in [-0.3, -0.25) is 0 Å². The lowest BCUT2D eigenvalue weighted by Crippen LogP contribution is -2.15. The minimum absolute atomic E-state index is 0. The number of aryl methyl sites for hydroxylation is 1. The second kappa shape index (κ2) is 11.9. The third-order valence-corrected chi connectivity index (χ3v) is 5.23. The van der Waals surface area contributed by atoms with Gasteiger partial charge in [0.2, 0.25) is 5.16 Å². The van der Waals surface area contributed by atoms with E-state index >= 15 is 0 Å². The molecule has 3 aromatic rings. The molecule has 1 N–H and O–H groups in total. The molecule has 0 unspecified atom stereocenters. The molecular weight excluding hydrogens is 417 g/mol. The fourth-order valence-corrected chi connectivity index (χ4v) is 3.30. The molecule has 0 bridgehead atoms. The van der Waals surface area contributed by atoms with Gasteiger partial charge in [-0.05, 0) is 58.8 Å². The maximum atomic E-state index is 5.89. The van der Waals surface area contributed by atoms with Crippen molar-refractivity contribution in [3.8, 4) is 5.75 Å². The van der Waals surface area contributed by atoms with Gasteiger partial charge in [0.1, 0.15) is 12.4 Å². The fourth-order valence-electron chi connectivity index (χ4n) is 2.39. The van der Waals surface area contributed by atoms with E-state index in [9.17, 15) is 0 Å². The van der Waals surface area contributed by atoms with Crippen molar-refractivity contribution < 1.29 is 4.74 Å². The van der Waals surface area contributed by atoms with E-state index < -0.39 is 0 Å². The number of hydrogen-bond acceptors (Lipinski definition) is 6. The van der Waals surface area contributed by atoms with Gasteiger partial charge in [0, 0.05) is 24.4 Å². The Balaban J connectivity index is 0.00000280. The molecule has 150 valence electrons. The molecule has 9 heteroatoms. The quantitative estimate of drug-likeness (QED) is 0.378. The Hall–Kier alpha value is -1.80. The van der Waals surface area contributed by atoms with Crippen LogP contribution < -0.4 is 10.1 Å². The van der Waals surface area contributed by atoms with Crippen LogP contribution in [0.15, 0.2) is 53.7 Å². The lowest BCUT2D eigenvalue weighted by atomic mass is 10.2. The first kappa shape index (κ1) is 22.5. The highest BCUT2D eigenvalue weighted by Gasteiger charge is 2.02. The van der Waals surface area contributed by atoms with Crippen molar-refractivity contribution in [2.75, 3.05) is 12.3 Å². The number of hydrogen-bond donors (Lipinski definition) is 1. The van der Waals surface area contributed by atoms with E-state index in [1.54, 1.807) is 16.4 Å². The number of halogens is 2. The van der Waals surface area contributed by atoms with Gasteiger partial charge in [-0.15, -0.1) is 17.5 Å². The van der Waals surface area contributed by atoms with Gasteiger partial charge in [-0.1, -0.05) is 47.6 Å². The molecule has 0 aliphatic heterocycles. The van der Waals surface area contributed by atoms with E-state index in [-0.39, 0.29) is 12.4 Å². The van der Waals surface area contributed by atoms with Gasteiger partial charge in [0.05, 0.1) is 0 Å². The monoisotopic (exact) mass is 439 g/mol. The molecule has 0 saturated heterocycles. The molecule has 28 heavy (non-hydrogen) atoms. The van der Waals surface area contributed by atoms with Crippen LogP contribution in [0.2, 0.25) is 5.02 Å². The Morgan fingerprint density at radius 2 is 1.79 bits per heavy atom. The van der Waals surface area contributed by atoms with Crippen LogP contribution in [-0.4, -0.2) is 32.5 Å². The summed E-state index contributed by atoms with van der Waals surface area (Å²) in [6, 6.07) is 15.9. The van der Waals surface area contributed by atoms with Crippen molar-refractivity contribution in [2.24, 2.45) is 7.05 Å². The summed E-state index contributed by atoms with van der Waals surface area (Å²) in [5.41, 5.74) is 2.33. The smallest absolute Gasteiger partial charge is 0.209 e. The molecule has 6 nitrogen and oxygen atoms in total. The van der Waals surface area contributed by atoms with E-state index in [0.717, 1.165) is 46.8 Å². The molecule has 0 saturated carbocycles. The highest BCUT2D eigenvalue weighted by Crippen LogP contribution is 2.16. The zero-order valence-electron chi connectivity index (χ0n) is 15.5. The summed E-state index contributed by atoms with van der Waals surface area (Å²) in [6.07, 6.45) is 1.06. The number of ether oxygens (including phenoxy) is 1. The summed E-state index contributed by atoms with van der Waals surface area (Å²) in [5, 5.41) is 16.4. The van der Waals surface area contributed by atoms with Crippen molar-refractivity contribution in [1.29, 1.82) is 0 Å². The average Bonchev–Trinajstić information content (AvgIpc) is 3.10. The van der Waals surface area contributed by atoms with Crippen molar-refractivity contribution in [1.82, 2.24) is 25.5 Å². The Morgan fingerprint density at radius 3 is 2.46 bits per heavy atom. The summed E-state index contributed by atoms with van der Waals surface area (Å²) < 4.78 is 7.49. The third kappa shape index (κ3) is 7.31. The third-order valence-electron chi connectivity index (χ3n) is 3.88. The minimum atomic E-state index is 0. The number of nitrogens with one attached hydrogen (secondary N) is 1. The van der Waals surface area contributed by atoms with Crippen molar-refractivity contribution >= 4 is 35.8 Å². The predicted octanol–water partition coefficient (Wildman–Crippen LogP) is 4.14. The van der Waals surface area contributed by atoms with Gasteiger partial charge in [-0.2, -0.15) is 0 Å². The minimum Gasteiger partial charge on any atom is -0.489 e. The molecule has 1 heterocycles. The largest absolute Gasteiger partial charge is 0.489 e. The van der Waals surface area contributed by atoms with Crippen molar-refractivity contribution in [2.45, 2.75) is 24.7 Å². The first-order valence-corrected chi connectivity index (χ1v) is 10.1. The van der Waals surface area contributed by atoms with Crippen LogP contribution in [0.5, 0.6) is 5.75 Å². The van der Waals surface area contributed by atoms with E-state index in [1.807, 2.05) is 43.4 Å². The molecule has 0 radical (unpaired) electrons. The maximum Gasteiger partial charge on any atom is 0.209 e. The van der Waals surface area contributed by atoms with E-state index in [0.29, 0.717) is 6.61 Å². The second-order valence-electron chi connectivity index (χ2n) is 6.02. The SMILES string of the molecule is Cl.Cn1nnnc1SCCCNCc1ccc(OCc2ccc(Cl)cc2)cc1. The molecule has 0 atom stereocenters. The highest BCUT2D eigenvalue weighted by atomic mass is 35.5. The van der Waals surface area contributed by atoms with Crippen molar-refractivity contribution in [3.05, 3.63) is 64.7 Å². The Kier molecular flexibility index (Phi) is 9.57. The predicted molar refractivity (Wildman–Crippen MR) is 115 cm³/mol. The van der Waals surface area contributed by atoms with E-state index in [2.05, 4.69) is 33.0 Å². The summed E-state index contributed by atoms with van der Waals surface area (Å²) in [5.74, 6) is 1.85. The molecule has 0 aliphatic rings. The number of thioether (sulfide) groups is 1. The van der Waals surface area contributed by atoms with Gasteiger partial charge in [-0.25, -0.2) is 4.68 Å². The summed E-state index contributed by atoms with van der Waals surface area (Å²) in [7, 11) is 1.85. The normalized spacial score (nSPS) is 10.5. The topological polar surface area (TPSA) is 64.9 Å². The standard InChI is InChI=1S/C19H22ClN5OS.ClH/c1-25-19(22-23-24-25)27-12-2-11-21-13-15-5-9-18(10-6-15)26-14-16-3-7-17(20)8-4-16;/h3-10,21H,2,11-14H2,1H3;1H. The van der Waals surface area contributed by atoms with Crippen molar-refractivity contribution in [3.63, 3.8) is 0 Å². The van der Waals surface area contributed by atoms with E-state index in [4.69, 9.17) is 16.3 Å². The number of rotatable bonds is 10. The van der Waals surface area contributed by atoms with Gasteiger partial charge in [0.15, 0.2) is 0 Å². The number of benzene rings is 2. The van der Waals surface area contributed by atoms with Crippen LogP contribution in [-0.2, 0) is 20.2 Å². The molecule has 0 spiro atoms. The first-order chi connectivity index (χ1) is 13.2. The number of tetrazole rings is 1.